The van der Waals surface area contributed by atoms with Crippen LogP contribution in [-0.4, -0.2) is 199 Å². The zero-order valence-electron chi connectivity index (χ0n) is 77.6. The fraction of sp³-hybridized carbons (Fsp3) is 0.289. The monoisotopic (exact) mass is 2400 g/mol. The molecule has 13 rings (SSSR count). The molecule has 0 unspecified atom stereocenters. The van der Waals surface area contributed by atoms with E-state index in [-0.39, 0.29) is 153 Å². The average Bonchev–Trinajstić information content (AvgIpc) is 1.62. The Labute approximate surface area is 893 Å². The standard InChI is InChI=1S/C21H22F3N5O4.C13H15ClF2N4O.C8H5FN2O3.C8H6FNO5.C8H8FNO3.C7H5BrFNO3.C7H7BrFNO.C7H8FNO.C2H4O2.2CN.BHO3.Br2.Na.Zn/c1-28-14-9-25-20(26-13-8-7-12(18(30)31)15(22)16(13)33-2)27-17(14)29(11-5-3-4-6-11)10-21(23,24)19(28)32;1-19-9-6-17-12(14)18-10(9)20(8-4-2-3-5-8)7-13(15,16)11(19)21;1-14-8-6(11(12)13)3-2-5(4-10)7(8)9;1-15-7-5(10(13)14)3-2-4(6(7)9)8(11)12;1-13-7-5(10)3-2-4(6(7)9)8(11)12;1-13-7-5(10(11)12)3-2-4(8)6(7)9;1-11-7-5(10)3-2-4(8)6(7)9;1-10-7-5(8)3-2-4-6(7)9;1-2(3)4;2*1-2;2-1-4-3;1-2;;/h7-9,11H,3-6,10H2,1-2H3,(H,30,31)(H,25,26,27);6,8H,2-5,7H2,1H3;2-3H,1H3;2-3H,1H3,(H,11,12);2-3H,10H2,1H3,(H,11,12);2-3H,1H3;2-3H,10H2,1H3;2-4H,9H2,1H3;1H3,(H,3,4);;;3H;;;/q;;;;;;;;;2*-1;;;+1;+2/p-1. The number of nitriles is 1. The number of methoxy groups -OCH3 is 7. The molecule has 2 amide bonds. The number of aromatic nitrogens is 4. The number of nitro groups is 3. The molecular formula is C83H80BBr4ClF11N18NaO26Zn. The quantitative estimate of drug-likeness (QED) is 0.00578. The van der Waals surface area contributed by atoms with Crippen molar-refractivity contribution in [2.45, 2.75) is 82.2 Å². The molecule has 4 heterocycles. The number of carboxylic acid groups (broad SMARTS) is 4. The van der Waals surface area contributed by atoms with E-state index in [0.29, 0.717) is 34.5 Å². The van der Waals surface area contributed by atoms with Gasteiger partial charge in [-0.25, -0.2) is 55.1 Å². The molecule has 0 spiro atoms. The Kier molecular flexibility index (Phi) is 60.4. The molecule has 4 aliphatic rings. The fourth-order valence-corrected chi connectivity index (χ4v) is 13.3. The van der Waals surface area contributed by atoms with Gasteiger partial charge in [0.05, 0.1) is 144 Å². The van der Waals surface area contributed by atoms with Gasteiger partial charge >= 0.3 is 118 Å². The van der Waals surface area contributed by atoms with Gasteiger partial charge in [0.1, 0.15) is 17.4 Å². The summed E-state index contributed by atoms with van der Waals surface area (Å²) >= 11 is 17.2. The number of aliphatic carboxylic acids is 1. The number of benzene rings is 7. The minimum atomic E-state index is -3.61. The summed E-state index contributed by atoms with van der Waals surface area (Å²) in [5.74, 6) is -22.3. The van der Waals surface area contributed by atoms with Crippen molar-refractivity contribution in [2.75, 3.05) is 119 Å². The largest absolute Gasteiger partial charge is 2.00 e. The summed E-state index contributed by atoms with van der Waals surface area (Å²) in [7, 11) is 10.8. The maximum atomic E-state index is 14.7. The molecule has 2 fully saturated rings. The molecule has 2 aliphatic carbocycles. The van der Waals surface area contributed by atoms with E-state index in [1.807, 2.05) is 0 Å². The number of hydrogen-bond donors (Lipinski definition) is 8. The van der Waals surface area contributed by atoms with E-state index in [2.05, 4.69) is 114 Å². The maximum absolute atomic E-state index is 14.7. The van der Waals surface area contributed by atoms with Gasteiger partial charge in [-0.05, 0) is 136 Å². The number of rotatable bonds is 18. The van der Waals surface area contributed by atoms with Crippen molar-refractivity contribution in [3.8, 4) is 46.3 Å². The number of nitrogens with two attached hydrogens (primary N) is 3. The molecule has 7 aromatic carbocycles. The van der Waals surface area contributed by atoms with E-state index >= 15 is 0 Å². The number of fused-ring (bicyclic) bond motifs is 2. The third-order valence-corrected chi connectivity index (χ3v) is 20.2. The number of nitrogen functional groups attached to an aromatic ring is 3. The Morgan fingerprint density at radius 1 is 0.527 bits per heavy atom. The van der Waals surface area contributed by atoms with Crippen molar-refractivity contribution in [2.24, 2.45) is 0 Å². The normalized spacial score (nSPS) is 12.7. The maximum Gasteiger partial charge on any atom is 2.00 e. The Balaban J connectivity index is 0. The van der Waals surface area contributed by atoms with E-state index in [0.717, 1.165) is 106 Å². The first-order chi connectivity index (χ1) is 67.8. The van der Waals surface area contributed by atoms with Gasteiger partial charge in [-0.1, -0.05) is 31.7 Å². The molecule has 9 aromatic rings. The van der Waals surface area contributed by atoms with Crippen LogP contribution in [0.4, 0.5) is 117 Å². The Hall–Kier alpha value is -13.7. The van der Waals surface area contributed by atoms with E-state index in [4.69, 9.17) is 102 Å². The first-order valence-electron chi connectivity index (χ1n) is 39.0. The number of hydrogen-bond acceptors (Lipinski definition) is 35. The molecular weight excluding hydrogens is 2330 g/mol. The second-order valence-corrected chi connectivity index (χ2v) is 29.5. The molecule has 0 atom stereocenters. The minimum Gasteiger partial charge on any atom is -0.512 e. The van der Waals surface area contributed by atoms with Crippen molar-refractivity contribution in [3.63, 3.8) is 0 Å². The topological polar surface area (TPSA) is 653 Å². The Morgan fingerprint density at radius 2 is 0.842 bits per heavy atom. The molecule has 0 saturated heterocycles. The molecule has 11 N–H and O–H groups in total. The van der Waals surface area contributed by atoms with Crippen LogP contribution in [0.25, 0.3) is 0 Å². The molecule has 2 saturated carbocycles. The number of ether oxygens (including phenoxy) is 7. The molecule has 2 aliphatic heterocycles. The molecule has 0 bridgehead atoms. The number of halogens is 16. The summed E-state index contributed by atoms with van der Waals surface area (Å²) in [6, 6.07) is 19.8. The van der Waals surface area contributed by atoms with Crippen LogP contribution >= 0.6 is 71.7 Å². The molecule has 63 heteroatoms. The number of carbonyl (C=O) groups excluding carboxylic acids is 2. The SMILES string of the molecule is BrBr.CC(=O)O.CN1C(=O)C(F)(F)CN(C2CCCC2)c2nc(Cl)ncc21.COc1c(N)ccc(Br)c1F.COc1c(N)ccc(C(=O)O)c1F.COc1c(N)cccc1F.COc1c(Nc2ncc3c(n2)N(C2CCCC2)CC(F)(F)C(=O)N3C)ccc(C(=O)O)c1F.COc1c([N+](=O)[O-])ccc(Br)c1F.COc1c([N+](=O)[O-])ccc(C#N)c1F.COc1c([N+](=O)[O-])ccc(C(=O)O)c1F.O=BO[O-].[C-]#N.[C-]#N.[Na+].[Zn+2]. The van der Waals surface area contributed by atoms with Crippen molar-refractivity contribution >= 4 is 184 Å². The zero-order valence-corrected chi connectivity index (χ0v) is 89.7. The van der Waals surface area contributed by atoms with Crippen LogP contribution in [0.2, 0.25) is 5.28 Å². The van der Waals surface area contributed by atoms with Crippen LogP contribution in [0, 0.1) is 106 Å². The van der Waals surface area contributed by atoms with E-state index in [9.17, 15) is 103 Å². The molecule has 776 valence electrons. The smallest absolute Gasteiger partial charge is 0.512 e. The van der Waals surface area contributed by atoms with Gasteiger partial charge in [0.25, 0.3) is 17.8 Å². The van der Waals surface area contributed by atoms with Crippen molar-refractivity contribution < 1.29 is 209 Å². The molecule has 146 heavy (non-hydrogen) atoms. The van der Waals surface area contributed by atoms with Crippen LogP contribution in [0.3, 0.4) is 0 Å². The third-order valence-electron chi connectivity index (χ3n) is 18.8. The van der Waals surface area contributed by atoms with Crippen molar-refractivity contribution in [1.29, 1.82) is 15.8 Å². The number of amides is 2. The number of anilines is 9. The van der Waals surface area contributed by atoms with Crippen LogP contribution in [0.5, 0.6) is 40.2 Å². The summed E-state index contributed by atoms with van der Waals surface area (Å²) in [4.78, 5) is 118. The van der Waals surface area contributed by atoms with Crippen LogP contribution in [0.15, 0.2) is 112 Å². The summed E-state index contributed by atoms with van der Waals surface area (Å²) in [5.41, 5.74) is 13.8. The minimum absolute atomic E-state index is 0. The molecule has 2 aromatic heterocycles. The zero-order chi connectivity index (χ0) is 110. The third kappa shape index (κ3) is 37.4. The first-order valence-corrected chi connectivity index (χ1v) is 44.7. The molecule has 44 nitrogen and oxygen atoms in total. The van der Waals surface area contributed by atoms with E-state index in [1.54, 1.807) is 18.2 Å². The predicted octanol–water partition coefficient (Wildman–Crippen LogP) is 13.4. The number of nitrogens with zero attached hydrogens (tertiary/aromatic N) is 14. The predicted molar refractivity (Wildman–Crippen MR) is 502 cm³/mol. The fourth-order valence-electron chi connectivity index (χ4n) is 12.6. The Bertz CT molecular complexity index is 6090. The van der Waals surface area contributed by atoms with E-state index in [1.165, 1.54) is 114 Å². The van der Waals surface area contributed by atoms with Crippen LogP contribution in [-0.2, 0) is 43.4 Å². The van der Waals surface area contributed by atoms with Gasteiger partial charge in [-0.2, -0.15) is 32.8 Å². The summed E-state index contributed by atoms with van der Waals surface area (Å²) in [6.07, 6.45) is 9.33. The second kappa shape index (κ2) is 65.6. The van der Waals surface area contributed by atoms with Gasteiger partial charge in [-0.15, -0.1) is 0 Å². The first kappa shape index (κ1) is 134. The Morgan fingerprint density at radius 3 is 1.21 bits per heavy atom. The van der Waals surface area contributed by atoms with Crippen molar-refractivity contribution in [1.82, 2.24) is 19.9 Å². The van der Waals surface area contributed by atoms with Gasteiger partial charge in [0, 0.05) is 79.6 Å². The summed E-state index contributed by atoms with van der Waals surface area (Å²) in [5, 5.41) is 97.0. The van der Waals surface area contributed by atoms with Gasteiger partial charge in [0.2, 0.25) is 28.5 Å². The summed E-state index contributed by atoms with van der Waals surface area (Å²) in [6.45, 7) is 9.11. The van der Waals surface area contributed by atoms with Gasteiger partial charge < -0.3 is 119 Å². The number of nitrogens with one attached hydrogen (secondary N) is 1. The van der Waals surface area contributed by atoms with Gasteiger partial charge in [0.15, 0.2) is 75.4 Å². The number of carbonyl (C=O) groups is 6. The van der Waals surface area contributed by atoms with Crippen LogP contribution < -0.4 is 110 Å². The summed E-state index contributed by atoms with van der Waals surface area (Å²) < 4.78 is 192. The second-order valence-electron chi connectivity index (χ2n) is 27.4. The van der Waals surface area contributed by atoms with Crippen LogP contribution in [0.1, 0.15) is 94.9 Å². The van der Waals surface area contributed by atoms with Gasteiger partial charge in [-0.3, -0.25) is 44.7 Å². The number of para-hydroxylation sites is 1. The number of aromatic carboxylic acids is 3. The number of carboxylic acids is 4. The van der Waals surface area contributed by atoms with Crippen molar-refractivity contribution in [3.05, 3.63) is 224 Å². The number of alkyl halides is 4. The molecule has 0 radical (unpaired) electrons. The number of nitro benzene ring substituents is 3. The average molecular weight is 2410 g/mol. The van der Waals surface area contributed by atoms with E-state index < -0.39 is 156 Å².